The van der Waals surface area contributed by atoms with E-state index < -0.39 is 6.04 Å². The zero-order valence-corrected chi connectivity index (χ0v) is 22.1. The van der Waals surface area contributed by atoms with E-state index in [0.717, 1.165) is 44.9 Å². The zero-order chi connectivity index (χ0) is 24.5. The Kier molecular flexibility index (Phi) is 16.6. The van der Waals surface area contributed by atoms with Crippen molar-refractivity contribution in [3.8, 4) is 0 Å². The summed E-state index contributed by atoms with van der Waals surface area (Å²) in [5.74, 6) is -0.329. The van der Waals surface area contributed by atoms with Crippen molar-refractivity contribution in [1.29, 1.82) is 0 Å². The van der Waals surface area contributed by atoms with Crippen LogP contribution in [0.5, 0.6) is 0 Å². The van der Waals surface area contributed by atoms with Gasteiger partial charge in [-0.2, -0.15) is 0 Å². The maximum absolute atomic E-state index is 12.6. The first-order chi connectivity index (χ1) is 15.9. The molecule has 0 saturated carbocycles. The molecule has 5 atom stereocenters. The van der Waals surface area contributed by atoms with E-state index in [1.54, 1.807) is 0 Å². The number of carbonyl (C=O) groups is 2. The molecule has 0 unspecified atom stereocenters. The lowest BCUT2D eigenvalue weighted by atomic mass is 9.86. The molecule has 0 amide bonds. The second-order valence-corrected chi connectivity index (χ2v) is 10.3. The smallest absolute Gasteiger partial charge is 0.323 e. The van der Waals surface area contributed by atoms with Gasteiger partial charge in [0, 0.05) is 6.42 Å². The van der Waals surface area contributed by atoms with Crippen LogP contribution in [-0.2, 0) is 19.1 Å². The van der Waals surface area contributed by atoms with Crippen molar-refractivity contribution < 1.29 is 19.1 Å². The Morgan fingerprint density at radius 3 is 2.00 bits per heavy atom. The van der Waals surface area contributed by atoms with Crippen LogP contribution in [0.4, 0.5) is 0 Å². The van der Waals surface area contributed by atoms with Gasteiger partial charge >= 0.3 is 11.9 Å². The number of hydrogen-bond acceptors (Lipinski definition) is 5. The summed E-state index contributed by atoms with van der Waals surface area (Å²) < 4.78 is 11.4. The van der Waals surface area contributed by atoms with E-state index in [4.69, 9.17) is 15.2 Å². The highest BCUT2D eigenvalue weighted by Gasteiger charge is 2.43. The summed E-state index contributed by atoms with van der Waals surface area (Å²) in [7, 11) is 0. The van der Waals surface area contributed by atoms with E-state index in [2.05, 4.69) is 13.8 Å². The third-order valence-electron chi connectivity index (χ3n) is 7.32. The molecule has 1 rings (SSSR count). The number of nitrogens with two attached hydrogens (primary N) is 1. The molecular formula is C28H53NO4. The van der Waals surface area contributed by atoms with Crippen LogP contribution in [0, 0.1) is 11.8 Å². The first kappa shape index (κ1) is 29.9. The van der Waals surface area contributed by atoms with Gasteiger partial charge in [0.15, 0.2) is 0 Å². The molecular weight excluding hydrogens is 414 g/mol. The Balaban J connectivity index is 2.49. The van der Waals surface area contributed by atoms with Gasteiger partial charge in [-0.3, -0.25) is 9.59 Å². The number of hydrogen-bond donors (Lipinski definition) is 1. The SMILES string of the molecule is CCCCCCCCCCC[C@@H](C[C@@H]1OC(=O)[C@H]1CCCCCC)OC(=O)[C@@H](N)[C@@H](C)CC. The first-order valence-electron chi connectivity index (χ1n) is 14.1. The van der Waals surface area contributed by atoms with Gasteiger partial charge in [0.1, 0.15) is 18.2 Å². The highest BCUT2D eigenvalue weighted by Crippen LogP contribution is 2.32. The van der Waals surface area contributed by atoms with Crippen molar-refractivity contribution in [3.63, 3.8) is 0 Å². The summed E-state index contributed by atoms with van der Waals surface area (Å²) in [5.41, 5.74) is 6.12. The van der Waals surface area contributed by atoms with Crippen LogP contribution >= 0.6 is 0 Å². The van der Waals surface area contributed by atoms with Crippen molar-refractivity contribution in [1.82, 2.24) is 0 Å². The van der Waals surface area contributed by atoms with E-state index >= 15 is 0 Å². The second-order valence-electron chi connectivity index (χ2n) is 10.3. The van der Waals surface area contributed by atoms with Gasteiger partial charge in [0.05, 0.1) is 5.92 Å². The Labute approximate surface area is 203 Å². The van der Waals surface area contributed by atoms with Crippen molar-refractivity contribution in [2.24, 2.45) is 17.6 Å². The first-order valence-corrected chi connectivity index (χ1v) is 14.1. The lowest BCUT2D eigenvalue weighted by Gasteiger charge is -2.37. The molecule has 2 N–H and O–H groups in total. The predicted molar refractivity (Wildman–Crippen MR) is 136 cm³/mol. The van der Waals surface area contributed by atoms with Crippen LogP contribution in [0.2, 0.25) is 0 Å². The summed E-state index contributed by atoms with van der Waals surface area (Å²) in [4.78, 5) is 24.7. The fourth-order valence-electron chi connectivity index (χ4n) is 4.60. The van der Waals surface area contributed by atoms with Gasteiger partial charge < -0.3 is 15.2 Å². The van der Waals surface area contributed by atoms with E-state index in [-0.39, 0.29) is 36.0 Å². The van der Waals surface area contributed by atoms with Crippen molar-refractivity contribution >= 4 is 11.9 Å². The minimum Gasteiger partial charge on any atom is -0.461 e. The largest absolute Gasteiger partial charge is 0.461 e. The molecule has 194 valence electrons. The summed E-state index contributed by atoms with van der Waals surface area (Å²) in [6.45, 7) is 8.46. The Morgan fingerprint density at radius 1 is 0.909 bits per heavy atom. The number of cyclic esters (lactones) is 1. The van der Waals surface area contributed by atoms with E-state index in [1.807, 2.05) is 13.8 Å². The van der Waals surface area contributed by atoms with Crippen LogP contribution in [0.1, 0.15) is 137 Å². The van der Waals surface area contributed by atoms with Crippen LogP contribution < -0.4 is 5.73 Å². The molecule has 0 spiro atoms. The molecule has 0 bridgehead atoms. The monoisotopic (exact) mass is 467 g/mol. The Bertz CT molecular complexity index is 524. The standard InChI is InChI=1S/C28H53NO4/c1-5-8-10-12-13-14-15-16-17-19-23(32-28(31)26(29)22(4)7-3)21-25-24(27(30)33-25)20-18-11-9-6-2/h22-26H,5-21,29H2,1-4H3/t22-,23-,24-,25-,26-/m0/s1. The summed E-state index contributed by atoms with van der Waals surface area (Å²) in [6.07, 6.45) is 18.8. The normalized spacial score (nSPS) is 20.6. The molecule has 0 radical (unpaired) electrons. The fraction of sp³-hybridized carbons (Fsp3) is 0.929. The highest BCUT2D eigenvalue weighted by molar-refractivity contribution is 5.78. The third-order valence-corrected chi connectivity index (χ3v) is 7.32. The molecule has 5 heteroatoms. The van der Waals surface area contributed by atoms with Crippen LogP contribution in [0.25, 0.3) is 0 Å². The van der Waals surface area contributed by atoms with Crippen LogP contribution in [0.3, 0.4) is 0 Å². The van der Waals surface area contributed by atoms with Gasteiger partial charge in [-0.15, -0.1) is 0 Å². The molecule has 1 saturated heterocycles. The van der Waals surface area contributed by atoms with Crippen molar-refractivity contribution in [2.45, 2.75) is 155 Å². The minimum absolute atomic E-state index is 0.0329. The zero-order valence-electron chi connectivity index (χ0n) is 22.1. The molecule has 1 aliphatic heterocycles. The summed E-state index contributed by atoms with van der Waals surface area (Å²) >= 11 is 0. The van der Waals surface area contributed by atoms with Gasteiger partial charge in [0.2, 0.25) is 0 Å². The van der Waals surface area contributed by atoms with E-state index in [9.17, 15) is 9.59 Å². The average Bonchev–Trinajstić information content (AvgIpc) is 2.81. The van der Waals surface area contributed by atoms with Gasteiger partial charge in [-0.05, 0) is 25.2 Å². The third kappa shape index (κ3) is 12.2. The molecule has 0 aromatic rings. The fourth-order valence-corrected chi connectivity index (χ4v) is 4.60. The maximum Gasteiger partial charge on any atom is 0.323 e. The highest BCUT2D eigenvalue weighted by atomic mass is 16.6. The molecule has 1 fully saturated rings. The van der Waals surface area contributed by atoms with Gasteiger partial charge in [-0.1, -0.05) is 111 Å². The number of rotatable bonds is 21. The van der Waals surface area contributed by atoms with E-state index in [1.165, 1.54) is 57.8 Å². The summed E-state index contributed by atoms with van der Waals surface area (Å²) in [5, 5.41) is 0. The lowest BCUT2D eigenvalue weighted by molar-refractivity contribution is -0.190. The molecule has 33 heavy (non-hydrogen) atoms. The number of carbonyl (C=O) groups excluding carboxylic acids is 2. The van der Waals surface area contributed by atoms with Crippen LogP contribution in [-0.4, -0.2) is 30.2 Å². The molecule has 1 aliphatic rings. The minimum atomic E-state index is -0.589. The van der Waals surface area contributed by atoms with Gasteiger partial charge in [0.25, 0.3) is 0 Å². The Morgan fingerprint density at radius 2 is 1.45 bits per heavy atom. The molecule has 5 nitrogen and oxygen atoms in total. The van der Waals surface area contributed by atoms with E-state index in [0.29, 0.717) is 6.42 Å². The number of ether oxygens (including phenoxy) is 2. The number of esters is 2. The van der Waals surface area contributed by atoms with Crippen LogP contribution in [0.15, 0.2) is 0 Å². The van der Waals surface area contributed by atoms with Crippen molar-refractivity contribution in [2.75, 3.05) is 0 Å². The number of unbranched alkanes of at least 4 members (excludes halogenated alkanes) is 11. The average molecular weight is 468 g/mol. The van der Waals surface area contributed by atoms with Gasteiger partial charge in [-0.25, -0.2) is 0 Å². The summed E-state index contributed by atoms with van der Waals surface area (Å²) in [6, 6.07) is -0.589. The lowest BCUT2D eigenvalue weighted by Crippen LogP contribution is -2.48. The second kappa shape index (κ2) is 18.3. The molecule has 0 aromatic heterocycles. The topological polar surface area (TPSA) is 78.6 Å². The maximum atomic E-state index is 12.6. The Hall–Kier alpha value is -1.10. The molecule has 0 aliphatic carbocycles. The predicted octanol–water partition coefficient (Wildman–Crippen LogP) is 7.09. The molecule has 0 aromatic carbocycles. The van der Waals surface area contributed by atoms with Crippen molar-refractivity contribution in [3.05, 3.63) is 0 Å². The molecule has 1 heterocycles. The quantitative estimate of drug-likeness (QED) is 0.144.